The minimum atomic E-state index is -0.322. The van der Waals surface area contributed by atoms with E-state index in [4.69, 9.17) is 5.26 Å². The van der Waals surface area contributed by atoms with Crippen LogP contribution in [0, 0.1) is 18.3 Å². The van der Waals surface area contributed by atoms with Gasteiger partial charge in [-0.25, -0.2) is 0 Å². The molecule has 1 heterocycles. The maximum Gasteiger partial charge on any atom is 0.277 e. The van der Waals surface area contributed by atoms with Gasteiger partial charge in [-0.3, -0.25) is 4.79 Å². The van der Waals surface area contributed by atoms with Gasteiger partial charge in [-0.15, -0.1) is 5.10 Å². The molecule has 1 aromatic heterocycles. The number of nitrogens with zero attached hydrogens (tertiary/aromatic N) is 3. The second kappa shape index (κ2) is 4.72. The summed E-state index contributed by atoms with van der Waals surface area (Å²) in [5.74, 6) is -0.322. The minimum absolute atomic E-state index is 0.275. The summed E-state index contributed by atoms with van der Waals surface area (Å²) in [4.78, 5) is 11.7. The molecular formula is C11H8N4OS. The third kappa shape index (κ3) is 2.46. The Labute approximate surface area is 102 Å². The van der Waals surface area contributed by atoms with Crippen LogP contribution >= 0.6 is 11.5 Å². The van der Waals surface area contributed by atoms with Crippen molar-refractivity contribution >= 4 is 23.1 Å². The van der Waals surface area contributed by atoms with Gasteiger partial charge in [0.05, 0.1) is 11.6 Å². The molecule has 84 valence electrons. The van der Waals surface area contributed by atoms with E-state index >= 15 is 0 Å². The molecule has 2 aromatic rings. The van der Waals surface area contributed by atoms with E-state index < -0.39 is 0 Å². The van der Waals surface area contributed by atoms with E-state index in [-0.39, 0.29) is 11.6 Å². The number of carbonyl (C=O) groups excluding carboxylic acids is 1. The molecule has 6 heteroatoms. The predicted molar refractivity (Wildman–Crippen MR) is 63.8 cm³/mol. The lowest BCUT2D eigenvalue weighted by Crippen LogP contribution is -2.13. The molecule has 0 radical (unpaired) electrons. The van der Waals surface area contributed by atoms with E-state index in [0.29, 0.717) is 11.3 Å². The quantitative estimate of drug-likeness (QED) is 0.875. The maximum atomic E-state index is 11.7. The third-order valence-corrected chi connectivity index (χ3v) is 2.71. The standard InChI is InChI=1S/C11H8N4OS/c1-7-2-3-8(5-12)4-9(7)13-11(16)10-6-17-15-14-10/h2-4,6H,1H3,(H,13,16). The van der Waals surface area contributed by atoms with Crippen LogP contribution in [0.5, 0.6) is 0 Å². The number of nitrogens with one attached hydrogen (secondary N) is 1. The van der Waals surface area contributed by atoms with Crippen molar-refractivity contribution in [2.45, 2.75) is 6.92 Å². The highest BCUT2D eigenvalue weighted by atomic mass is 32.1. The molecule has 0 aliphatic carbocycles. The number of aryl methyl sites for hydroxylation is 1. The maximum absolute atomic E-state index is 11.7. The zero-order valence-electron chi connectivity index (χ0n) is 8.97. The first-order valence-electron chi connectivity index (χ1n) is 4.80. The van der Waals surface area contributed by atoms with Crippen molar-refractivity contribution in [3.05, 3.63) is 40.4 Å². The van der Waals surface area contributed by atoms with Crippen LogP contribution in [0.4, 0.5) is 5.69 Å². The van der Waals surface area contributed by atoms with Crippen LogP contribution in [0.25, 0.3) is 0 Å². The summed E-state index contributed by atoms with van der Waals surface area (Å²) in [6.07, 6.45) is 0. The Kier molecular flexibility index (Phi) is 3.12. The Balaban J connectivity index is 2.25. The molecule has 0 saturated heterocycles. The normalized spacial score (nSPS) is 9.65. The fourth-order valence-corrected chi connectivity index (χ4v) is 1.71. The van der Waals surface area contributed by atoms with Crippen molar-refractivity contribution in [1.82, 2.24) is 9.59 Å². The lowest BCUT2D eigenvalue weighted by Gasteiger charge is -2.06. The van der Waals surface area contributed by atoms with Crippen LogP contribution < -0.4 is 5.32 Å². The number of carbonyl (C=O) groups is 1. The van der Waals surface area contributed by atoms with Crippen LogP contribution in [-0.4, -0.2) is 15.5 Å². The lowest BCUT2D eigenvalue weighted by atomic mass is 10.1. The Morgan fingerprint density at radius 1 is 1.53 bits per heavy atom. The monoisotopic (exact) mass is 244 g/mol. The van der Waals surface area contributed by atoms with Crippen molar-refractivity contribution in [2.24, 2.45) is 0 Å². The number of rotatable bonds is 2. The van der Waals surface area contributed by atoms with E-state index in [0.717, 1.165) is 17.1 Å². The molecule has 0 aliphatic rings. The molecule has 5 nitrogen and oxygen atoms in total. The number of nitriles is 1. The number of benzene rings is 1. The summed E-state index contributed by atoms with van der Waals surface area (Å²) in [7, 11) is 0. The van der Waals surface area contributed by atoms with Gasteiger partial charge in [0.2, 0.25) is 0 Å². The minimum Gasteiger partial charge on any atom is -0.320 e. The van der Waals surface area contributed by atoms with E-state index in [2.05, 4.69) is 14.9 Å². The summed E-state index contributed by atoms with van der Waals surface area (Å²) in [6.45, 7) is 1.86. The molecule has 17 heavy (non-hydrogen) atoms. The smallest absolute Gasteiger partial charge is 0.277 e. The molecule has 0 atom stereocenters. The third-order valence-electron chi connectivity index (χ3n) is 2.21. The van der Waals surface area contributed by atoms with Gasteiger partial charge in [-0.05, 0) is 36.2 Å². The van der Waals surface area contributed by atoms with Crippen molar-refractivity contribution in [3.63, 3.8) is 0 Å². The predicted octanol–water partition coefficient (Wildman–Crippen LogP) is 1.97. The Morgan fingerprint density at radius 3 is 3.00 bits per heavy atom. The van der Waals surface area contributed by atoms with E-state index in [1.54, 1.807) is 23.6 Å². The molecule has 0 unspecified atom stereocenters. The van der Waals surface area contributed by atoms with Gasteiger partial charge in [-0.1, -0.05) is 10.6 Å². The van der Waals surface area contributed by atoms with Gasteiger partial charge in [0, 0.05) is 11.1 Å². The van der Waals surface area contributed by atoms with E-state index in [1.807, 2.05) is 13.0 Å². The molecule has 0 aliphatic heterocycles. The largest absolute Gasteiger partial charge is 0.320 e. The summed E-state index contributed by atoms with van der Waals surface area (Å²) >= 11 is 1.12. The van der Waals surface area contributed by atoms with Crippen LogP contribution in [0.3, 0.4) is 0 Å². The number of amides is 1. The molecule has 0 spiro atoms. The van der Waals surface area contributed by atoms with Crippen molar-refractivity contribution in [3.8, 4) is 6.07 Å². The second-order valence-corrected chi connectivity index (χ2v) is 4.00. The highest BCUT2D eigenvalue weighted by molar-refractivity contribution is 7.03. The van der Waals surface area contributed by atoms with Gasteiger partial charge in [0.25, 0.3) is 5.91 Å². The highest BCUT2D eigenvalue weighted by Gasteiger charge is 2.10. The fourth-order valence-electron chi connectivity index (χ4n) is 1.28. The Bertz CT molecular complexity index is 586. The van der Waals surface area contributed by atoms with Crippen LogP contribution in [0.2, 0.25) is 0 Å². The number of aromatic nitrogens is 2. The average Bonchev–Trinajstić information content (AvgIpc) is 2.85. The van der Waals surface area contributed by atoms with Gasteiger partial charge in [0.1, 0.15) is 0 Å². The summed E-state index contributed by atoms with van der Waals surface area (Å²) < 4.78 is 3.62. The van der Waals surface area contributed by atoms with Crippen LogP contribution in [0.1, 0.15) is 21.6 Å². The summed E-state index contributed by atoms with van der Waals surface area (Å²) in [5.41, 5.74) is 2.28. The second-order valence-electron chi connectivity index (χ2n) is 3.39. The molecule has 1 amide bonds. The molecule has 2 rings (SSSR count). The summed E-state index contributed by atoms with van der Waals surface area (Å²) in [6, 6.07) is 7.15. The number of hydrogen-bond acceptors (Lipinski definition) is 5. The van der Waals surface area contributed by atoms with Crippen molar-refractivity contribution < 1.29 is 4.79 Å². The molecular weight excluding hydrogens is 236 g/mol. The SMILES string of the molecule is Cc1ccc(C#N)cc1NC(=O)c1csnn1. The fraction of sp³-hybridized carbons (Fsp3) is 0.0909. The molecule has 0 fully saturated rings. The topological polar surface area (TPSA) is 78.7 Å². The van der Waals surface area contributed by atoms with E-state index in [9.17, 15) is 4.79 Å². The van der Waals surface area contributed by atoms with Crippen LogP contribution in [0.15, 0.2) is 23.6 Å². The van der Waals surface area contributed by atoms with Gasteiger partial charge in [-0.2, -0.15) is 5.26 Å². The van der Waals surface area contributed by atoms with Gasteiger partial charge >= 0.3 is 0 Å². The molecule has 0 saturated carbocycles. The Hall–Kier alpha value is -2.26. The summed E-state index contributed by atoms with van der Waals surface area (Å²) in [5, 5.41) is 16.7. The first-order chi connectivity index (χ1) is 8.20. The number of hydrogen-bond donors (Lipinski definition) is 1. The van der Waals surface area contributed by atoms with Gasteiger partial charge < -0.3 is 5.32 Å². The molecule has 0 bridgehead atoms. The average molecular weight is 244 g/mol. The number of anilines is 1. The van der Waals surface area contributed by atoms with E-state index in [1.165, 1.54) is 0 Å². The molecule has 1 N–H and O–H groups in total. The zero-order valence-corrected chi connectivity index (χ0v) is 9.78. The van der Waals surface area contributed by atoms with Crippen molar-refractivity contribution in [1.29, 1.82) is 5.26 Å². The first kappa shape index (κ1) is 11.2. The highest BCUT2D eigenvalue weighted by Crippen LogP contribution is 2.17. The van der Waals surface area contributed by atoms with Crippen molar-refractivity contribution in [2.75, 3.05) is 5.32 Å². The first-order valence-corrected chi connectivity index (χ1v) is 5.63. The molecule has 1 aromatic carbocycles. The van der Waals surface area contributed by atoms with Gasteiger partial charge in [0.15, 0.2) is 5.69 Å². The zero-order chi connectivity index (χ0) is 12.3. The van der Waals surface area contributed by atoms with Crippen LogP contribution in [-0.2, 0) is 0 Å². The Morgan fingerprint density at radius 2 is 2.35 bits per heavy atom. The lowest BCUT2D eigenvalue weighted by molar-refractivity contribution is 0.102.